The van der Waals surface area contributed by atoms with Gasteiger partial charge in [-0.25, -0.2) is 4.99 Å². The molecule has 24 heavy (non-hydrogen) atoms. The van der Waals surface area contributed by atoms with Crippen molar-refractivity contribution >= 4 is 5.96 Å². The van der Waals surface area contributed by atoms with E-state index in [1.165, 1.54) is 11.3 Å². The van der Waals surface area contributed by atoms with E-state index in [9.17, 15) is 0 Å². The van der Waals surface area contributed by atoms with Gasteiger partial charge in [0.15, 0.2) is 5.96 Å². The van der Waals surface area contributed by atoms with Crippen molar-refractivity contribution in [3.63, 3.8) is 0 Å². The lowest BCUT2D eigenvalue weighted by atomic mass is 10.2. The molecule has 0 radical (unpaired) electrons. The molecule has 1 N–H and O–H groups in total. The van der Waals surface area contributed by atoms with Crippen molar-refractivity contribution < 1.29 is 4.74 Å². The summed E-state index contributed by atoms with van der Waals surface area (Å²) >= 11 is 0. The van der Waals surface area contributed by atoms with Crippen molar-refractivity contribution in [3.05, 3.63) is 29.6 Å². The van der Waals surface area contributed by atoms with Crippen LogP contribution in [-0.2, 0) is 17.8 Å². The number of guanidine groups is 1. The Kier molecular flexibility index (Phi) is 9.15. The van der Waals surface area contributed by atoms with Crippen LogP contribution in [0.5, 0.6) is 0 Å². The monoisotopic (exact) mass is 335 g/mol. The van der Waals surface area contributed by atoms with E-state index in [4.69, 9.17) is 9.73 Å². The van der Waals surface area contributed by atoms with Crippen molar-refractivity contribution in [3.8, 4) is 0 Å². The van der Waals surface area contributed by atoms with Gasteiger partial charge in [0.25, 0.3) is 0 Å². The van der Waals surface area contributed by atoms with Gasteiger partial charge in [-0.05, 0) is 33.6 Å². The lowest BCUT2D eigenvalue weighted by molar-refractivity contribution is 0.182. The Labute approximate surface area is 146 Å². The first-order chi connectivity index (χ1) is 11.5. The number of methoxy groups -OCH3 is 1. The van der Waals surface area contributed by atoms with E-state index in [-0.39, 0.29) is 0 Å². The van der Waals surface area contributed by atoms with E-state index >= 15 is 0 Å². The second-order valence-electron chi connectivity index (χ2n) is 5.89. The molecular formula is C18H33N5O. The van der Waals surface area contributed by atoms with Crippen LogP contribution < -0.4 is 5.32 Å². The number of hydrogen-bond acceptors (Lipinski definition) is 3. The highest BCUT2D eigenvalue weighted by molar-refractivity contribution is 5.79. The number of aromatic nitrogens is 2. The van der Waals surface area contributed by atoms with Gasteiger partial charge in [-0.15, -0.1) is 6.58 Å². The fourth-order valence-electron chi connectivity index (χ4n) is 2.56. The predicted molar refractivity (Wildman–Crippen MR) is 100 cm³/mol. The quantitative estimate of drug-likeness (QED) is 0.309. The van der Waals surface area contributed by atoms with Gasteiger partial charge >= 0.3 is 0 Å². The molecule has 0 aliphatic rings. The molecule has 1 heterocycles. The van der Waals surface area contributed by atoms with Crippen LogP contribution >= 0.6 is 0 Å². The van der Waals surface area contributed by atoms with E-state index in [1.807, 2.05) is 17.7 Å². The van der Waals surface area contributed by atoms with Gasteiger partial charge in [-0.1, -0.05) is 6.08 Å². The molecule has 1 rings (SSSR count). The minimum atomic E-state index is 0.638. The fraction of sp³-hybridized carbons (Fsp3) is 0.667. The molecule has 0 spiro atoms. The second kappa shape index (κ2) is 10.9. The summed E-state index contributed by atoms with van der Waals surface area (Å²) in [5.74, 6) is 0.935. The minimum Gasteiger partial charge on any atom is -0.383 e. The summed E-state index contributed by atoms with van der Waals surface area (Å²) in [5, 5.41) is 7.96. The molecule has 0 atom stereocenters. The number of allylic oxidation sites excluding steroid dienone is 1. The first-order valence-electron chi connectivity index (χ1n) is 8.67. The number of unbranched alkanes of at least 4 members (excludes halogenated alkanes) is 1. The first-order valence-corrected chi connectivity index (χ1v) is 8.67. The van der Waals surface area contributed by atoms with Gasteiger partial charge in [0, 0.05) is 38.5 Å². The van der Waals surface area contributed by atoms with Gasteiger partial charge in [-0.2, -0.15) is 5.10 Å². The molecule has 0 amide bonds. The van der Waals surface area contributed by atoms with E-state index < -0.39 is 0 Å². The molecule has 0 bridgehead atoms. The molecule has 0 unspecified atom stereocenters. The smallest absolute Gasteiger partial charge is 0.193 e. The highest BCUT2D eigenvalue weighted by Crippen LogP contribution is 2.14. The fourth-order valence-corrected chi connectivity index (χ4v) is 2.56. The minimum absolute atomic E-state index is 0.638. The number of nitrogens with one attached hydrogen (secondary N) is 1. The van der Waals surface area contributed by atoms with E-state index in [1.54, 1.807) is 7.11 Å². The summed E-state index contributed by atoms with van der Waals surface area (Å²) in [5.41, 5.74) is 3.40. The van der Waals surface area contributed by atoms with Gasteiger partial charge in [0.1, 0.15) is 0 Å². The summed E-state index contributed by atoms with van der Waals surface area (Å²) in [6.45, 7) is 13.9. The Hall–Kier alpha value is -1.82. The molecule has 0 aromatic carbocycles. The summed E-state index contributed by atoms with van der Waals surface area (Å²) in [6, 6.07) is 0. The zero-order valence-electron chi connectivity index (χ0n) is 15.9. The standard InChI is InChI=1S/C18H33N5O/c1-7-9-10-11-22(5)18(19-8-2)20-14-17-15(3)21-23(16(17)4)12-13-24-6/h7H,1,8-14H2,2-6H3,(H,19,20). The van der Waals surface area contributed by atoms with E-state index in [0.29, 0.717) is 13.2 Å². The number of ether oxygens (including phenoxy) is 1. The molecule has 0 aliphatic carbocycles. The van der Waals surface area contributed by atoms with Crippen LogP contribution in [0.2, 0.25) is 0 Å². The number of aliphatic imine (C=N–C) groups is 1. The van der Waals surface area contributed by atoms with E-state index in [2.05, 4.69) is 42.8 Å². The highest BCUT2D eigenvalue weighted by atomic mass is 16.5. The molecule has 0 saturated carbocycles. The predicted octanol–water partition coefficient (Wildman–Crippen LogP) is 2.51. The summed E-state index contributed by atoms with van der Waals surface area (Å²) in [6.07, 6.45) is 4.06. The van der Waals surface area contributed by atoms with Crippen LogP contribution in [0.4, 0.5) is 0 Å². The molecular weight excluding hydrogens is 302 g/mol. The molecule has 6 nitrogen and oxygen atoms in total. The molecule has 1 aromatic heterocycles. The Bertz CT molecular complexity index is 536. The maximum atomic E-state index is 5.15. The summed E-state index contributed by atoms with van der Waals surface area (Å²) < 4.78 is 7.15. The Balaban J connectivity index is 2.81. The van der Waals surface area contributed by atoms with Gasteiger partial charge in [0.05, 0.1) is 25.4 Å². The normalized spacial score (nSPS) is 11.6. The topological polar surface area (TPSA) is 54.7 Å². The third kappa shape index (κ3) is 6.00. The van der Waals surface area contributed by atoms with Gasteiger partial charge < -0.3 is 15.0 Å². The van der Waals surface area contributed by atoms with Crippen LogP contribution in [0.15, 0.2) is 17.6 Å². The van der Waals surface area contributed by atoms with Crippen LogP contribution in [0, 0.1) is 13.8 Å². The van der Waals surface area contributed by atoms with Crippen molar-refractivity contribution in [1.29, 1.82) is 0 Å². The Morgan fingerprint density at radius 3 is 2.83 bits per heavy atom. The maximum Gasteiger partial charge on any atom is 0.193 e. The molecule has 136 valence electrons. The second-order valence-corrected chi connectivity index (χ2v) is 5.89. The number of aryl methyl sites for hydroxylation is 1. The summed E-state index contributed by atoms with van der Waals surface area (Å²) in [4.78, 5) is 6.97. The molecule has 0 fully saturated rings. The number of rotatable bonds is 10. The first kappa shape index (κ1) is 20.2. The number of nitrogens with zero attached hydrogens (tertiary/aromatic N) is 4. The van der Waals surface area contributed by atoms with Crippen LogP contribution in [-0.4, -0.2) is 54.5 Å². The van der Waals surface area contributed by atoms with Gasteiger partial charge in [-0.3, -0.25) is 4.68 Å². The van der Waals surface area contributed by atoms with Crippen LogP contribution in [0.1, 0.15) is 36.7 Å². The van der Waals surface area contributed by atoms with Crippen molar-refractivity contribution in [2.45, 2.75) is 46.7 Å². The maximum absolute atomic E-state index is 5.15. The van der Waals surface area contributed by atoms with E-state index in [0.717, 1.165) is 44.1 Å². The third-order valence-corrected chi connectivity index (χ3v) is 4.02. The van der Waals surface area contributed by atoms with Gasteiger partial charge in [0.2, 0.25) is 0 Å². The van der Waals surface area contributed by atoms with Crippen LogP contribution in [0.3, 0.4) is 0 Å². The molecule has 1 aromatic rings. The Morgan fingerprint density at radius 1 is 1.46 bits per heavy atom. The summed E-state index contributed by atoms with van der Waals surface area (Å²) in [7, 11) is 3.79. The van der Waals surface area contributed by atoms with Crippen LogP contribution in [0.25, 0.3) is 0 Å². The lowest BCUT2D eigenvalue weighted by Gasteiger charge is -2.21. The number of hydrogen-bond donors (Lipinski definition) is 1. The largest absolute Gasteiger partial charge is 0.383 e. The molecule has 0 saturated heterocycles. The zero-order chi connectivity index (χ0) is 17.9. The average molecular weight is 335 g/mol. The Morgan fingerprint density at radius 2 is 2.21 bits per heavy atom. The lowest BCUT2D eigenvalue weighted by Crippen LogP contribution is -2.39. The third-order valence-electron chi connectivity index (χ3n) is 4.02. The average Bonchev–Trinajstić information content (AvgIpc) is 2.83. The highest BCUT2D eigenvalue weighted by Gasteiger charge is 2.12. The van der Waals surface area contributed by atoms with Crippen molar-refractivity contribution in [1.82, 2.24) is 20.0 Å². The molecule has 6 heteroatoms. The molecule has 0 aliphatic heterocycles. The zero-order valence-corrected chi connectivity index (χ0v) is 15.9. The van der Waals surface area contributed by atoms with Crippen molar-refractivity contribution in [2.24, 2.45) is 4.99 Å². The SMILES string of the molecule is C=CCCCN(C)C(=NCc1c(C)nn(CCOC)c1C)NCC. The van der Waals surface area contributed by atoms with Crippen molar-refractivity contribution in [2.75, 3.05) is 33.9 Å².